The molecule has 0 saturated carbocycles. The summed E-state index contributed by atoms with van der Waals surface area (Å²) in [7, 11) is 0. The number of piperazine rings is 1. The maximum absolute atomic E-state index is 10.5. The number of nitrogens with zero attached hydrogens (tertiary/aromatic N) is 1. The van der Waals surface area contributed by atoms with E-state index in [0.29, 0.717) is 12.1 Å². The van der Waals surface area contributed by atoms with Gasteiger partial charge in [0.15, 0.2) is 0 Å². The number of carbonyl (C=O) groups is 1. The van der Waals surface area contributed by atoms with Crippen LogP contribution in [0.5, 0.6) is 0 Å². The average molecular weight is 172 g/mol. The largest absolute Gasteiger partial charge is 0.480 e. The van der Waals surface area contributed by atoms with Crippen molar-refractivity contribution >= 4 is 5.97 Å². The van der Waals surface area contributed by atoms with Gasteiger partial charge in [0.05, 0.1) is 6.54 Å². The fourth-order valence-electron chi connectivity index (χ4n) is 1.64. The number of carboxylic acid groups (broad SMARTS) is 1. The minimum absolute atomic E-state index is 0.157. The summed E-state index contributed by atoms with van der Waals surface area (Å²) in [6, 6.07) is 0.648. The van der Waals surface area contributed by atoms with Gasteiger partial charge in [-0.15, -0.1) is 0 Å². The number of carboxylic acids is 1. The van der Waals surface area contributed by atoms with Crippen LogP contribution in [0.3, 0.4) is 0 Å². The fraction of sp³-hybridized carbons (Fsp3) is 0.875. The van der Waals surface area contributed by atoms with Crippen molar-refractivity contribution in [3.63, 3.8) is 0 Å². The molecule has 0 amide bonds. The first-order valence-electron chi connectivity index (χ1n) is 4.29. The zero-order chi connectivity index (χ0) is 9.14. The van der Waals surface area contributed by atoms with Crippen molar-refractivity contribution < 1.29 is 9.90 Å². The zero-order valence-electron chi connectivity index (χ0n) is 7.58. The van der Waals surface area contributed by atoms with E-state index in [2.05, 4.69) is 5.32 Å². The molecule has 0 unspecified atom stereocenters. The van der Waals surface area contributed by atoms with E-state index < -0.39 is 5.97 Å². The zero-order valence-corrected chi connectivity index (χ0v) is 7.58. The summed E-state index contributed by atoms with van der Waals surface area (Å²) >= 11 is 0. The number of hydrogen-bond acceptors (Lipinski definition) is 3. The van der Waals surface area contributed by atoms with Gasteiger partial charge >= 0.3 is 5.97 Å². The van der Waals surface area contributed by atoms with E-state index in [1.165, 1.54) is 0 Å². The molecule has 1 aliphatic rings. The molecule has 2 atom stereocenters. The van der Waals surface area contributed by atoms with Crippen molar-refractivity contribution in [2.24, 2.45) is 0 Å². The van der Waals surface area contributed by atoms with Crippen LogP contribution in [0.15, 0.2) is 0 Å². The lowest BCUT2D eigenvalue weighted by Gasteiger charge is -2.38. The normalized spacial score (nSPS) is 31.8. The van der Waals surface area contributed by atoms with E-state index in [1.807, 2.05) is 18.7 Å². The van der Waals surface area contributed by atoms with Crippen molar-refractivity contribution in [1.82, 2.24) is 10.2 Å². The SMILES string of the molecule is C[C@@H]1CNC[C@H](C)N1CC(=O)O. The summed E-state index contributed by atoms with van der Waals surface area (Å²) in [5, 5.41) is 11.9. The third-order valence-electron chi connectivity index (χ3n) is 2.33. The quantitative estimate of drug-likeness (QED) is 0.603. The number of rotatable bonds is 2. The van der Waals surface area contributed by atoms with E-state index in [4.69, 9.17) is 5.11 Å². The lowest BCUT2D eigenvalue weighted by Crippen LogP contribution is -2.56. The Morgan fingerprint density at radius 1 is 1.50 bits per heavy atom. The van der Waals surface area contributed by atoms with Gasteiger partial charge in [0.2, 0.25) is 0 Å². The Kier molecular flexibility index (Phi) is 3.05. The summed E-state index contributed by atoms with van der Waals surface area (Å²) < 4.78 is 0. The summed E-state index contributed by atoms with van der Waals surface area (Å²) in [6.07, 6.45) is 0. The van der Waals surface area contributed by atoms with Gasteiger partial charge in [0.1, 0.15) is 0 Å². The van der Waals surface area contributed by atoms with Gasteiger partial charge in [-0.3, -0.25) is 9.69 Å². The van der Waals surface area contributed by atoms with E-state index in [9.17, 15) is 4.79 Å². The second-order valence-corrected chi connectivity index (χ2v) is 3.42. The molecule has 0 spiro atoms. The predicted octanol–water partition coefficient (Wildman–Crippen LogP) is -0.247. The first kappa shape index (κ1) is 9.48. The molecule has 0 aromatic carbocycles. The van der Waals surface area contributed by atoms with Gasteiger partial charge in [-0.1, -0.05) is 0 Å². The van der Waals surface area contributed by atoms with Crippen LogP contribution in [0.25, 0.3) is 0 Å². The molecule has 1 heterocycles. The molecule has 0 bridgehead atoms. The number of nitrogens with one attached hydrogen (secondary N) is 1. The Labute approximate surface area is 72.6 Å². The van der Waals surface area contributed by atoms with Gasteiger partial charge in [-0.2, -0.15) is 0 Å². The maximum atomic E-state index is 10.5. The van der Waals surface area contributed by atoms with Crippen molar-refractivity contribution in [1.29, 1.82) is 0 Å². The molecule has 70 valence electrons. The molecule has 1 aliphatic heterocycles. The van der Waals surface area contributed by atoms with Crippen LogP contribution >= 0.6 is 0 Å². The predicted molar refractivity (Wildman–Crippen MR) is 46.1 cm³/mol. The van der Waals surface area contributed by atoms with Gasteiger partial charge in [0, 0.05) is 25.2 Å². The van der Waals surface area contributed by atoms with Crippen LogP contribution in [-0.4, -0.2) is 47.7 Å². The topological polar surface area (TPSA) is 52.6 Å². The Balaban J connectivity index is 2.50. The molecule has 2 N–H and O–H groups in total. The third-order valence-corrected chi connectivity index (χ3v) is 2.33. The van der Waals surface area contributed by atoms with Crippen LogP contribution in [0.1, 0.15) is 13.8 Å². The van der Waals surface area contributed by atoms with Crippen LogP contribution in [0.2, 0.25) is 0 Å². The second-order valence-electron chi connectivity index (χ2n) is 3.42. The highest BCUT2D eigenvalue weighted by Crippen LogP contribution is 2.08. The summed E-state index contributed by atoms with van der Waals surface area (Å²) in [5.41, 5.74) is 0. The molecule has 0 radical (unpaired) electrons. The standard InChI is InChI=1S/C8H16N2O2/c1-6-3-9-4-7(2)10(6)5-8(11)12/h6-7,9H,3-5H2,1-2H3,(H,11,12)/t6-,7+. The smallest absolute Gasteiger partial charge is 0.317 e. The lowest BCUT2D eigenvalue weighted by molar-refractivity contribution is -0.139. The molecule has 0 aromatic rings. The van der Waals surface area contributed by atoms with Crippen LogP contribution in [0.4, 0.5) is 0 Å². The maximum Gasteiger partial charge on any atom is 0.317 e. The van der Waals surface area contributed by atoms with Gasteiger partial charge in [-0.05, 0) is 13.8 Å². The molecule has 1 saturated heterocycles. The first-order valence-corrected chi connectivity index (χ1v) is 4.29. The minimum atomic E-state index is -0.740. The van der Waals surface area contributed by atoms with E-state index in [-0.39, 0.29) is 6.54 Å². The van der Waals surface area contributed by atoms with Crippen molar-refractivity contribution in [3.8, 4) is 0 Å². The second kappa shape index (κ2) is 3.87. The van der Waals surface area contributed by atoms with Crippen LogP contribution < -0.4 is 5.32 Å². The highest BCUT2D eigenvalue weighted by molar-refractivity contribution is 5.69. The summed E-state index contributed by atoms with van der Waals surface area (Å²) in [4.78, 5) is 12.5. The minimum Gasteiger partial charge on any atom is -0.480 e. The summed E-state index contributed by atoms with van der Waals surface area (Å²) in [6.45, 7) is 6.02. The van der Waals surface area contributed by atoms with Crippen molar-refractivity contribution in [2.45, 2.75) is 25.9 Å². The fourth-order valence-corrected chi connectivity index (χ4v) is 1.64. The van der Waals surface area contributed by atoms with Crippen LogP contribution in [-0.2, 0) is 4.79 Å². The molecule has 4 nitrogen and oxygen atoms in total. The van der Waals surface area contributed by atoms with Crippen molar-refractivity contribution in [3.05, 3.63) is 0 Å². The highest BCUT2D eigenvalue weighted by atomic mass is 16.4. The third kappa shape index (κ3) is 2.19. The Morgan fingerprint density at radius 3 is 2.42 bits per heavy atom. The van der Waals surface area contributed by atoms with Gasteiger partial charge < -0.3 is 10.4 Å². The molecule has 12 heavy (non-hydrogen) atoms. The monoisotopic (exact) mass is 172 g/mol. The average Bonchev–Trinajstić information content (AvgIpc) is 1.97. The van der Waals surface area contributed by atoms with E-state index in [0.717, 1.165) is 13.1 Å². The highest BCUT2D eigenvalue weighted by Gasteiger charge is 2.25. The molecule has 1 rings (SSSR count). The lowest BCUT2D eigenvalue weighted by atomic mass is 10.1. The van der Waals surface area contributed by atoms with E-state index >= 15 is 0 Å². The van der Waals surface area contributed by atoms with Gasteiger partial charge in [0.25, 0.3) is 0 Å². The van der Waals surface area contributed by atoms with Crippen LogP contribution in [0, 0.1) is 0 Å². The Hall–Kier alpha value is -0.610. The molecule has 0 aromatic heterocycles. The number of aliphatic carboxylic acids is 1. The van der Waals surface area contributed by atoms with E-state index in [1.54, 1.807) is 0 Å². The van der Waals surface area contributed by atoms with Gasteiger partial charge in [-0.25, -0.2) is 0 Å². The first-order chi connectivity index (χ1) is 5.61. The molecular weight excluding hydrogens is 156 g/mol. The molecule has 0 aliphatic carbocycles. The molecule has 1 fully saturated rings. The summed E-state index contributed by atoms with van der Waals surface area (Å²) in [5.74, 6) is -0.740. The molecular formula is C8H16N2O2. The number of hydrogen-bond donors (Lipinski definition) is 2. The molecule has 4 heteroatoms. The van der Waals surface area contributed by atoms with Crippen molar-refractivity contribution in [2.75, 3.05) is 19.6 Å². The Morgan fingerprint density at radius 2 is 2.00 bits per heavy atom. The Bertz CT molecular complexity index is 162.